The predicted molar refractivity (Wildman–Crippen MR) is 43.3 cm³/mol. The van der Waals surface area contributed by atoms with E-state index in [1.165, 1.54) is 0 Å². The zero-order valence-corrected chi connectivity index (χ0v) is 7.10. The van der Waals surface area contributed by atoms with Crippen molar-refractivity contribution in [3.63, 3.8) is 0 Å². The van der Waals surface area contributed by atoms with Crippen molar-refractivity contribution in [2.24, 2.45) is 5.41 Å². The van der Waals surface area contributed by atoms with Gasteiger partial charge in [0.25, 0.3) is 0 Å². The molecule has 0 aromatic heterocycles. The molecular formula is C9H16O2. The molecule has 1 saturated carbocycles. The van der Waals surface area contributed by atoms with Crippen molar-refractivity contribution in [1.82, 2.24) is 0 Å². The minimum atomic E-state index is 0.0773. The molecule has 0 radical (unpaired) electrons. The third-order valence-electron chi connectivity index (χ3n) is 2.95. The molecule has 0 aromatic carbocycles. The van der Waals surface area contributed by atoms with E-state index in [1.807, 2.05) is 0 Å². The van der Waals surface area contributed by atoms with Gasteiger partial charge in [-0.15, -0.1) is 0 Å². The van der Waals surface area contributed by atoms with E-state index < -0.39 is 0 Å². The van der Waals surface area contributed by atoms with E-state index in [-0.39, 0.29) is 12.0 Å². The van der Waals surface area contributed by atoms with Gasteiger partial charge in [0, 0.05) is 19.4 Å². The summed E-state index contributed by atoms with van der Waals surface area (Å²) in [5.74, 6) is 0.363. The first kappa shape index (κ1) is 8.72. The van der Waals surface area contributed by atoms with Crippen LogP contribution in [0.2, 0.25) is 0 Å². The summed E-state index contributed by atoms with van der Waals surface area (Å²) >= 11 is 0. The van der Waals surface area contributed by atoms with Crippen LogP contribution in [0.15, 0.2) is 0 Å². The Morgan fingerprint density at radius 3 is 2.36 bits per heavy atom. The lowest BCUT2D eigenvalue weighted by Crippen LogP contribution is -2.30. The molecule has 0 saturated heterocycles. The van der Waals surface area contributed by atoms with E-state index in [0.29, 0.717) is 18.6 Å². The van der Waals surface area contributed by atoms with E-state index >= 15 is 0 Å². The highest BCUT2D eigenvalue weighted by Gasteiger charge is 2.31. The molecule has 1 N–H and O–H groups in total. The lowest BCUT2D eigenvalue weighted by Gasteiger charge is -2.33. The Morgan fingerprint density at radius 1 is 1.45 bits per heavy atom. The third-order valence-corrected chi connectivity index (χ3v) is 2.95. The van der Waals surface area contributed by atoms with Gasteiger partial charge in [0.1, 0.15) is 5.78 Å². The summed E-state index contributed by atoms with van der Waals surface area (Å²) in [4.78, 5) is 10.9. The minimum Gasteiger partial charge on any atom is -0.396 e. The molecule has 0 amide bonds. The van der Waals surface area contributed by atoms with E-state index in [1.54, 1.807) is 0 Å². The van der Waals surface area contributed by atoms with Crippen LogP contribution in [0.4, 0.5) is 0 Å². The molecule has 11 heavy (non-hydrogen) atoms. The topological polar surface area (TPSA) is 37.3 Å². The predicted octanol–water partition coefficient (Wildman–Crippen LogP) is 1.52. The second kappa shape index (κ2) is 3.35. The highest BCUT2D eigenvalue weighted by molar-refractivity contribution is 5.79. The Morgan fingerprint density at radius 2 is 2.00 bits per heavy atom. The number of aliphatic hydroxyl groups excluding tert-OH is 1. The summed E-state index contributed by atoms with van der Waals surface area (Å²) in [5, 5.41) is 9.12. The third kappa shape index (κ3) is 1.80. The summed E-state index contributed by atoms with van der Waals surface area (Å²) < 4.78 is 0. The van der Waals surface area contributed by atoms with Crippen LogP contribution < -0.4 is 0 Å². The maximum absolute atomic E-state index is 10.9. The highest BCUT2D eigenvalue weighted by atomic mass is 16.3. The number of hydrogen-bond acceptors (Lipinski definition) is 2. The van der Waals surface area contributed by atoms with Crippen LogP contribution in [0, 0.1) is 5.41 Å². The van der Waals surface area contributed by atoms with Gasteiger partial charge in [0.05, 0.1) is 0 Å². The van der Waals surface area contributed by atoms with Crippen LogP contribution in [-0.2, 0) is 4.79 Å². The lowest BCUT2D eigenvalue weighted by molar-refractivity contribution is -0.123. The summed E-state index contributed by atoms with van der Waals surface area (Å²) in [6, 6.07) is 0. The average Bonchev–Trinajstić information content (AvgIpc) is 2.07. The van der Waals surface area contributed by atoms with Crippen LogP contribution in [0.5, 0.6) is 0 Å². The zero-order valence-electron chi connectivity index (χ0n) is 7.10. The normalized spacial score (nSPS) is 23.6. The Balaban J connectivity index is 2.52. The molecule has 1 aliphatic carbocycles. The van der Waals surface area contributed by atoms with Crippen molar-refractivity contribution in [3.8, 4) is 0 Å². The van der Waals surface area contributed by atoms with Gasteiger partial charge >= 0.3 is 0 Å². The molecule has 0 spiro atoms. The Kier molecular flexibility index (Phi) is 2.66. The molecule has 1 rings (SSSR count). The minimum absolute atomic E-state index is 0.0773. The summed E-state index contributed by atoms with van der Waals surface area (Å²) in [6.07, 6.45) is 4.12. The largest absolute Gasteiger partial charge is 0.396 e. The number of carbonyl (C=O) groups excluding carboxylic acids is 1. The molecular weight excluding hydrogens is 140 g/mol. The molecule has 0 bridgehead atoms. The van der Waals surface area contributed by atoms with E-state index in [4.69, 9.17) is 5.11 Å². The van der Waals surface area contributed by atoms with Crippen LogP contribution in [0.1, 0.15) is 39.0 Å². The van der Waals surface area contributed by atoms with Crippen LogP contribution >= 0.6 is 0 Å². The van der Waals surface area contributed by atoms with Gasteiger partial charge in [-0.3, -0.25) is 4.79 Å². The quantitative estimate of drug-likeness (QED) is 0.658. The second-order valence-corrected chi connectivity index (χ2v) is 3.55. The van der Waals surface area contributed by atoms with Gasteiger partial charge in [-0.05, 0) is 24.7 Å². The highest BCUT2D eigenvalue weighted by Crippen LogP contribution is 2.36. The standard InChI is InChI=1S/C9H16O2/c1-2-9(7-10)5-3-8(11)4-6-9/h10H,2-7H2,1H3. The van der Waals surface area contributed by atoms with Gasteiger partial charge < -0.3 is 5.11 Å². The molecule has 1 fully saturated rings. The fourth-order valence-corrected chi connectivity index (χ4v) is 1.68. The van der Waals surface area contributed by atoms with Crippen molar-refractivity contribution < 1.29 is 9.90 Å². The van der Waals surface area contributed by atoms with Gasteiger partial charge in [0.2, 0.25) is 0 Å². The van der Waals surface area contributed by atoms with E-state index in [0.717, 1.165) is 19.3 Å². The molecule has 2 nitrogen and oxygen atoms in total. The van der Waals surface area contributed by atoms with E-state index in [9.17, 15) is 4.79 Å². The number of rotatable bonds is 2. The number of Topliss-reactive ketones (excluding diaryl/α,β-unsaturated/α-hetero) is 1. The molecule has 0 heterocycles. The molecule has 0 atom stereocenters. The van der Waals surface area contributed by atoms with Crippen LogP contribution in [0.3, 0.4) is 0 Å². The fourth-order valence-electron chi connectivity index (χ4n) is 1.68. The SMILES string of the molecule is CCC1(CO)CCC(=O)CC1. The van der Waals surface area contributed by atoms with E-state index in [2.05, 4.69) is 6.92 Å². The summed E-state index contributed by atoms with van der Waals surface area (Å²) in [5.41, 5.74) is 0.0773. The first-order chi connectivity index (χ1) is 5.22. The molecule has 0 aromatic rings. The number of aliphatic hydroxyl groups is 1. The maximum atomic E-state index is 10.9. The number of hydrogen-bond donors (Lipinski definition) is 1. The van der Waals surface area contributed by atoms with Crippen LogP contribution in [0.25, 0.3) is 0 Å². The van der Waals surface area contributed by atoms with Gasteiger partial charge in [-0.1, -0.05) is 6.92 Å². The van der Waals surface area contributed by atoms with Crippen molar-refractivity contribution in [2.75, 3.05) is 6.61 Å². The Bertz CT molecular complexity index is 136. The van der Waals surface area contributed by atoms with Crippen molar-refractivity contribution in [1.29, 1.82) is 0 Å². The lowest BCUT2D eigenvalue weighted by atomic mass is 9.72. The average molecular weight is 156 g/mol. The van der Waals surface area contributed by atoms with Crippen LogP contribution in [-0.4, -0.2) is 17.5 Å². The monoisotopic (exact) mass is 156 g/mol. The van der Waals surface area contributed by atoms with Gasteiger partial charge in [-0.25, -0.2) is 0 Å². The number of ketones is 1. The molecule has 2 heteroatoms. The van der Waals surface area contributed by atoms with Crippen molar-refractivity contribution >= 4 is 5.78 Å². The van der Waals surface area contributed by atoms with Gasteiger partial charge in [0.15, 0.2) is 0 Å². The second-order valence-electron chi connectivity index (χ2n) is 3.55. The molecule has 64 valence electrons. The molecule has 0 aliphatic heterocycles. The Hall–Kier alpha value is -0.370. The molecule has 0 unspecified atom stereocenters. The Labute approximate surface area is 67.6 Å². The fraction of sp³-hybridized carbons (Fsp3) is 0.889. The van der Waals surface area contributed by atoms with Gasteiger partial charge in [-0.2, -0.15) is 0 Å². The van der Waals surface area contributed by atoms with Crippen molar-refractivity contribution in [3.05, 3.63) is 0 Å². The first-order valence-electron chi connectivity index (χ1n) is 4.35. The van der Waals surface area contributed by atoms with Crippen molar-refractivity contribution in [2.45, 2.75) is 39.0 Å². The zero-order chi connectivity index (χ0) is 8.32. The summed E-state index contributed by atoms with van der Waals surface area (Å²) in [6.45, 7) is 2.34. The maximum Gasteiger partial charge on any atom is 0.132 e. The molecule has 1 aliphatic rings. The summed E-state index contributed by atoms with van der Waals surface area (Å²) in [7, 11) is 0. The first-order valence-corrected chi connectivity index (χ1v) is 4.35. The smallest absolute Gasteiger partial charge is 0.132 e. The number of carbonyl (C=O) groups is 1.